The maximum atomic E-state index is 11.2. The van der Waals surface area contributed by atoms with Crippen LogP contribution in [0.4, 0.5) is 0 Å². The van der Waals surface area contributed by atoms with E-state index in [1.807, 2.05) is 6.92 Å². The Labute approximate surface area is 81.1 Å². The SMILES string of the molecule is CC1NCC(=O)N1CCCS(C)=O. The molecule has 1 heterocycles. The van der Waals surface area contributed by atoms with Crippen LogP contribution in [0.25, 0.3) is 0 Å². The topological polar surface area (TPSA) is 49.4 Å². The van der Waals surface area contributed by atoms with Gasteiger partial charge in [0.15, 0.2) is 0 Å². The molecule has 13 heavy (non-hydrogen) atoms. The van der Waals surface area contributed by atoms with Gasteiger partial charge in [-0.1, -0.05) is 0 Å². The number of carbonyl (C=O) groups is 1. The zero-order valence-electron chi connectivity index (χ0n) is 8.08. The van der Waals surface area contributed by atoms with Gasteiger partial charge in [-0.05, 0) is 13.3 Å². The van der Waals surface area contributed by atoms with E-state index in [0.717, 1.165) is 6.42 Å². The number of rotatable bonds is 4. The Morgan fingerprint density at radius 1 is 1.69 bits per heavy atom. The highest BCUT2D eigenvalue weighted by atomic mass is 32.2. The molecule has 0 bridgehead atoms. The van der Waals surface area contributed by atoms with Crippen LogP contribution in [0.3, 0.4) is 0 Å². The highest BCUT2D eigenvalue weighted by Gasteiger charge is 2.25. The van der Waals surface area contributed by atoms with Gasteiger partial charge in [0.2, 0.25) is 5.91 Å². The summed E-state index contributed by atoms with van der Waals surface area (Å²) in [5.41, 5.74) is 0. The Morgan fingerprint density at radius 2 is 2.38 bits per heavy atom. The molecule has 0 saturated carbocycles. The first-order valence-electron chi connectivity index (χ1n) is 4.44. The summed E-state index contributed by atoms with van der Waals surface area (Å²) in [5.74, 6) is 0.825. The maximum Gasteiger partial charge on any atom is 0.237 e. The summed E-state index contributed by atoms with van der Waals surface area (Å²) in [4.78, 5) is 13.0. The van der Waals surface area contributed by atoms with E-state index in [4.69, 9.17) is 0 Å². The Morgan fingerprint density at radius 3 is 2.85 bits per heavy atom. The number of nitrogens with zero attached hydrogens (tertiary/aromatic N) is 1. The van der Waals surface area contributed by atoms with Gasteiger partial charge in [-0.25, -0.2) is 0 Å². The van der Waals surface area contributed by atoms with Gasteiger partial charge < -0.3 is 4.90 Å². The van der Waals surface area contributed by atoms with Gasteiger partial charge in [0.05, 0.1) is 12.7 Å². The van der Waals surface area contributed by atoms with Crippen LogP contribution in [-0.4, -0.2) is 46.3 Å². The molecule has 1 fully saturated rings. The molecule has 0 aromatic carbocycles. The molecule has 1 N–H and O–H groups in total. The smallest absolute Gasteiger partial charge is 0.237 e. The molecule has 0 radical (unpaired) electrons. The fraction of sp³-hybridized carbons (Fsp3) is 0.875. The van der Waals surface area contributed by atoms with Crippen molar-refractivity contribution < 1.29 is 9.00 Å². The molecule has 5 heteroatoms. The standard InChI is InChI=1S/C8H16N2O2S/c1-7-9-6-8(11)10(7)4-3-5-13(2)12/h7,9H,3-6H2,1-2H3. The van der Waals surface area contributed by atoms with E-state index >= 15 is 0 Å². The van der Waals surface area contributed by atoms with E-state index in [1.165, 1.54) is 0 Å². The number of hydrogen-bond donors (Lipinski definition) is 1. The van der Waals surface area contributed by atoms with Crippen molar-refractivity contribution in [3.63, 3.8) is 0 Å². The second kappa shape index (κ2) is 4.72. The van der Waals surface area contributed by atoms with E-state index in [9.17, 15) is 9.00 Å². The Balaban J connectivity index is 2.27. The third-order valence-electron chi connectivity index (χ3n) is 2.17. The first kappa shape index (κ1) is 10.7. The molecule has 0 spiro atoms. The van der Waals surface area contributed by atoms with Crippen molar-refractivity contribution in [2.24, 2.45) is 0 Å². The molecule has 2 atom stereocenters. The lowest BCUT2D eigenvalue weighted by Gasteiger charge is -2.20. The lowest BCUT2D eigenvalue weighted by atomic mass is 10.4. The average molecular weight is 204 g/mol. The molecule has 1 rings (SSSR count). The summed E-state index contributed by atoms with van der Waals surface area (Å²) in [5, 5.41) is 3.06. The number of hydrogen-bond acceptors (Lipinski definition) is 3. The summed E-state index contributed by atoms with van der Waals surface area (Å²) < 4.78 is 10.8. The molecule has 4 nitrogen and oxygen atoms in total. The van der Waals surface area contributed by atoms with Gasteiger partial charge in [0.25, 0.3) is 0 Å². The monoisotopic (exact) mass is 204 g/mol. The molecular formula is C8H16N2O2S. The molecular weight excluding hydrogens is 188 g/mol. The van der Waals surface area contributed by atoms with Gasteiger partial charge in [0, 0.05) is 29.4 Å². The highest BCUT2D eigenvalue weighted by molar-refractivity contribution is 7.84. The predicted octanol–water partition coefficient (Wildman–Crippen LogP) is -0.467. The zero-order valence-corrected chi connectivity index (χ0v) is 8.89. The van der Waals surface area contributed by atoms with E-state index < -0.39 is 10.8 Å². The van der Waals surface area contributed by atoms with Gasteiger partial charge in [-0.3, -0.25) is 14.3 Å². The molecule has 0 aliphatic carbocycles. The second-order valence-electron chi connectivity index (χ2n) is 3.27. The predicted molar refractivity (Wildman–Crippen MR) is 52.7 cm³/mol. The molecule has 76 valence electrons. The molecule has 1 aliphatic rings. The van der Waals surface area contributed by atoms with Crippen LogP contribution in [0.15, 0.2) is 0 Å². The molecule has 2 unspecified atom stereocenters. The molecule has 1 amide bonds. The second-order valence-corrected chi connectivity index (χ2v) is 4.83. The number of amides is 1. The Kier molecular flexibility index (Phi) is 3.87. The fourth-order valence-electron chi connectivity index (χ4n) is 1.42. The molecule has 1 aliphatic heterocycles. The van der Waals surface area contributed by atoms with Crippen molar-refractivity contribution in [2.75, 3.05) is 25.1 Å². The molecule has 1 saturated heterocycles. The average Bonchev–Trinajstić information content (AvgIpc) is 2.34. The number of carbonyl (C=O) groups excluding carboxylic acids is 1. The van der Waals surface area contributed by atoms with Crippen LogP contribution in [-0.2, 0) is 15.6 Å². The van der Waals surface area contributed by atoms with Gasteiger partial charge in [-0.15, -0.1) is 0 Å². The maximum absolute atomic E-state index is 11.2. The van der Waals surface area contributed by atoms with Gasteiger partial charge in [0.1, 0.15) is 0 Å². The highest BCUT2D eigenvalue weighted by Crippen LogP contribution is 2.04. The minimum absolute atomic E-state index is 0.137. The van der Waals surface area contributed by atoms with E-state index in [0.29, 0.717) is 18.8 Å². The number of nitrogens with one attached hydrogen (secondary N) is 1. The fourth-order valence-corrected chi connectivity index (χ4v) is 1.95. The van der Waals surface area contributed by atoms with Crippen LogP contribution < -0.4 is 5.32 Å². The van der Waals surface area contributed by atoms with Crippen molar-refractivity contribution in [2.45, 2.75) is 19.5 Å². The van der Waals surface area contributed by atoms with Crippen LogP contribution in [0.1, 0.15) is 13.3 Å². The summed E-state index contributed by atoms with van der Waals surface area (Å²) in [6.45, 7) is 3.12. The van der Waals surface area contributed by atoms with E-state index in [2.05, 4.69) is 5.32 Å². The summed E-state index contributed by atoms with van der Waals surface area (Å²) in [6, 6.07) is 0. The summed E-state index contributed by atoms with van der Waals surface area (Å²) >= 11 is 0. The van der Waals surface area contributed by atoms with Crippen molar-refractivity contribution >= 4 is 16.7 Å². The Hall–Kier alpha value is -0.420. The molecule has 0 aromatic heterocycles. The largest absolute Gasteiger partial charge is 0.326 e. The third kappa shape index (κ3) is 3.08. The third-order valence-corrected chi connectivity index (χ3v) is 3.03. The lowest BCUT2D eigenvalue weighted by Crippen LogP contribution is -2.35. The molecule has 0 aromatic rings. The lowest BCUT2D eigenvalue weighted by molar-refractivity contribution is -0.127. The van der Waals surface area contributed by atoms with Gasteiger partial charge in [-0.2, -0.15) is 0 Å². The van der Waals surface area contributed by atoms with E-state index in [1.54, 1.807) is 11.2 Å². The Bertz CT molecular complexity index is 220. The normalized spacial score (nSPS) is 25.2. The van der Waals surface area contributed by atoms with Crippen molar-refractivity contribution in [3.05, 3.63) is 0 Å². The van der Waals surface area contributed by atoms with Crippen molar-refractivity contribution in [1.29, 1.82) is 0 Å². The first-order chi connectivity index (χ1) is 6.11. The minimum atomic E-state index is -0.746. The van der Waals surface area contributed by atoms with Crippen molar-refractivity contribution in [1.82, 2.24) is 10.2 Å². The quantitative estimate of drug-likeness (QED) is 0.673. The van der Waals surface area contributed by atoms with Crippen LogP contribution in [0.5, 0.6) is 0 Å². The van der Waals surface area contributed by atoms with Crippen LogP contribution >= 0.6 is 0 Å². The van der Waals surface area contributed by atoms with E-state index in [-0.39, 0.29) is 12.1 Å². The zero-order chi connectivity index (χ0) is 9.84. The summed E-state index contributed by atoms with van der Waals surface area (Å²) in [7, 11) is -0.746. The van der Waals surface area contributed by atoms with Crippen LogP contribution in [0, 0.1) is 0 Å². The van der Waals surface area contributed by atoms with Crippen molar-refractivity contribution in [3.8, 4) is 0 Å². The van der Waals surface area contributed by atoms with Gasteiger partial charge >= 0.3 is 0 Å². The van der Waals surface area contributed by atoms with Crippen LogP contribution in [0.2, 0.25) is 0 Å². The minimum Gasteiger partial charge on any atom is -0.326 e. The summed E-state index contributed by atoms with van der Waals surface area (Å²) in [6.07, 6.45) is 2.65. The first-order valence-corrected chi connectivity index (χ1v) is 6.17.